The van der Waals surface area contributed by atoms with Crippen molar-refractivity contribution in [2.24, 2.45) is 5.73 Å². The molecule has 0 aliphatic carbocycles. The molecule has 2 aromatic carbocycles. The molecule has 92 valence electrons. The Morgan fingerprint density at radius 1 is 0.833 bits per heavy atom. The number of aryl methyl sites for hydroxylation is 1. The van der Waals surface area contributed by atoms with Crippen molar-refractivity contribution in [3.8, 4) is 0 Å². The predicted molar refractivity (Wildman–Crippen MR) is 79.2 cm³/mol. The summed E-state index contributed by atoms with van der Waals surface area (Å²) in [6, 6.07) is 18.9. The Labute approximate surface area is 109 Å². The zero-order chi connectivity index (χ0) is 12.6. The SMILES string of the molecule is NCCCc1ccccc1C=Cc1ccccc1. The summed E-state index contributed by atoms with van der Waals surface area (Å²) < 4.78 is 0. The van der Waals surface area contributed by atoms with Crippen molar-refractivity contribution in [3.63, 3.8) is 0 Å². The quantitative estimate of drug-likeness (QED) is 0.787. The van der Waals surface area contributed by atoms with E-state index >= 15 is 0 Å². The van der Waals surface area contributed by atoms with E-state index in [0.717, 1.165) is 19.4 Å². The predicted octanol–water partition coefficient (Wildman–Crippen LogP) is 3.75. The Kier molecular flexibility index (Phi) is 4.74. The van der Waals surface area contributed by atoms with E-state index in [4.69, 9.17) is 5.73 Å². The van der Waals surface area contributed by atoms with Gasteiger partial charge in [-0.15, -0.1) is 0 Å². The minimum atomic E-state index is 0.747. The third kappa shape index (κ3) is 3.57. The third-order valence-electron chi connectivity index (χ3n) is 2.96. The molecule has 0 aromatic heterocycles. The van der Waals surface area contributed by atoms with Crippen LogP contribution < -0.4 is 5.73 Å². The van der Waals surface area contributed by atoms with E-state index in [0.29, 0.717) is 0 Å². The number of nitrogens with two attached hydrogens (primary N) is 1. The molecule has 0 saturated heterocycles. The lowest BCUT2D eigenvalue weighted by atomic mass is 10.0. The summed E-state index contributed by atoms with van der Waals surface area (Å²) in [6.07, 6.45) is 6.42. The van der Waals surface area contributed by atoms with Crippen molar-refractivity contribution in [1.29, 1.82) is 0 Å². The summed E-state index contributed by atoms with van der Waals surface area (Å²) in [6.45, 7) is 0.747. The monoisotopic (exact) mass is 237 g/mol. The third-order valence-corrected chi connectivity index (χ3v) is 2.96. The van der Waals surface area contributed by atoms with E-state index < -0.39 is 0 Å². The van der Waals surface area contributed by atoms with Gasteiger partial charge in [-0.2, -0.15) is 0 Å². The van der Waals surface area contributed by atoms with Crippen LogP contribution in [0.5, 0.6) is 0 Å². The fourth-order valence-electron chi connectivity index (χ4n) is 1.97. The number of hydrogen-bond donors (Lipinski definition) is 1. The molecule has 0 fully saturated rings. The summed E-state index contributed by atoms with van der Waals surface area (Å²) in [5.74, 6) is 0. The van der Waals surface area contributed by atoms with E-state index in [-0.39, 0.29) is 0 Å². The van der Waals surface area contributed by atoms with Crippen molar-refractivity contribution in [3.05, 3.63) is 71.3 Å². The Morgan fingerprint density at radius 2 is 1.56 bits per heavy atom. The van der Waals surface area contributed by atoms with E-state index in [1.165, 1.54) is 16.7 Å². The minimum absolute atomic E-state index is 0.747. The highest BCUT2D eigenvalue weighted by molar-refractivity contribution is 5.71. The Morgan fingerprint density at radius 3 is 2.33 bits per heavy atom. The van der Waals surface area contributed by atoms with Crippen LogP contribution in [0.4, 0.5) is 0 Å². The van der Waals surface area contributed by atoms with Gasteiger partial charge in [0.05, 0.1) is 0 Å². The molecule has 0 saturated carbocycles. The molecule has 0 radical (unpaired) electrons. The van der Waals surface area contributed by atoms with E-state index in [1.54, 1.807) is 0 Å². The molecule has 0 heterocycles. The lowest BCUT2D eigenvalue weighted by molar-refractivity contribution is 0.831. The number of benzene rings is 2. The summed E-state index contributed by atoms with van der Waals surface area (Å²) in [7, 11) is 0. The van der Waals surface area contributed by atoms with Crippen LogP contribution in [0.1, 0.15) is 23.1 Å². The van der Waals surface area contributed by atoms with Crippen molar-refractivity contribution in [1.82, 2.24) is 0 Å². The minimum Gasteiger partial charge on any atom is -0.330 e. The normalized spacial score (nSPS) is 10.9. The maximum absolute atomic E-state index is 5.57. The fraction of sp³-hybridized carbons (Fsp3) is 0.176. The second-order valence-electron chi connectivity index (χ2n) is 4.34. The van der Waals surface area contributed by atoms with Gasteiger partial charge in [-0.25, -0.2) is 0 Å². The Balaban J connectivity index is 2.15. The summed E-state index contributed by atoms with van der Waals surface area (Å²) in [4.78, 5) is 0. The maximum Gasteiger partial charge on any atom is -0.00741 e. The lowest BCUT2D eigenvalue weighted by Crippen LogP contribution is -2.01. The van der Waals surface area contributed by atoms with Crippen LogP contribution >= 0.6 is 0 Å². The zero-order valence-corrected chi connectivity index (χ0v) is 10.5. The number of hydrogen-bond acceptors (Lipinski definition) is 1. The van der Waals surface area contributed by atoms with Crippen LogP contribution in [-0.2, 0) is 6.42 Å². The van der Waals surface area contributed by atoms with Crippen LogP contribution in [0.15, 0.2) is 54.6 Å². The largest absolute Gasteiger partial charge is 0.330 e. The molecule has 1 heteroatoms. The smallest absolute Gasteiger partial charge is 0.00741 e. The maximum atomic E-state index is 5.57. The standard InChI is InChI=1S/C17H19N/c18-14-6-11-16-9-4-5-10-17(16)13-12-15-7-2-1-3-8-15/h1-5,7-10,12-13H,6,11,14,18H2. The average Bonchev–Trinajstić information content (AvgIpc) is 2.45. The van der Waals surface area contributed by atoms with Gasteiger partial charge in [-0.1, -0.05) is 66.7 Å². The van der Waals surface area contributed by atoms with Gasteiger partial charge < -0.3 is 5.73 Å². The summed E-state index contributed by atoms with van der Waals surface area (Å²) >= 11 is 0. The second-order valence-corrected chi connectivity index (χ2v) is 4.34. The van der Waals surface area contributed by atoms with Crippen LogP contribution in [0, 0.1) is 0 Å². The molecule has 18 heavy (non-hydrogen) atoms. The van der Waals surface area contributed by atoms with Crippen LogP contribution in [-0.4, -0.2) is 6.54 Å². The lowest BCUT2D eigenvalue weighted by Gasteiger charge is -2.04. The topological polar surface area (TPSA) is 26.0 Å². The summed E-state index contributed by atoms with van der Waals surface area (Å²) in [5, 5.41) is 0. The number of rotatable bonds is 5. The van der Waals surface area contributed by atoms with Crippen molar-refractivity contribution < 1.29 is 0 Å². The molecule has 2 N–H and O–H groups in total. The highest BCUT2D eigenvalue weighted by atomic mass is 14.5. The molecule has 0 bridgehead atoms. The molecule has 0 atom stereocenters. The van der Waals surface area contributed by atoms with Crippen LogP contribution in [0.2, 0.25) is 0 Å². The highest BCUT2D eigenvalue weighted by Crippen LogP contribution is 2.14. The molecular formula is C17H19N. The van der Waals surface area contributed by atoms with Gasteiger partial charge in [-0.3, -0.25) is 0 Å². The fourth-order valence-corrected chi connectivity index (χ4v) is 1.97. The van der Waals surface area contributed by atoms with Crippen LogP contribution in [0.3, 0.4) is 0 Å². The molecule has 0 spiro atoms. The molecule has 2 rings (SSSR count). The van der Waals surface area contributed by atoms with Gasteiger partial charge in [0.2, 0.25) is 0 Å². The first-order valence-electron chi connectivity index (χ1n) is 6.41. The van der Waals surface area contributed by atoms with Gasteiger partial charge in [0.15, 0.2) is 0 Å². The first-order chi connectivity index (χ1) is 8.90. The van der Waals surface area contributed by atoms with Gasteiger partial charge in [0.1, 0.15) is 0 Å². The molecule has 0 unspecified atom stereocenters. The first kappa shape index (κ1) is 12.6. The molecule has 1 nitrogen and oxygen atoms in total. The van der Waals surface area contributed by atoms with Crippen molar-refractivity contribution in [2.75, 3.05) is 6.54 Å². The zero-order valence-electron chi connectivity index (χ0n) is 10.5. The van der Waals surface area contributed by atoms with Crippen molar-refractivity contribution >= 4 is 12.2 Å². The highest BCUT2D eigenvalue weighted by Gasteiger charge is 1.97. The molecule has 0 aliphatic heterocycles. The second kappa shape index (κ2) is 6.77. The summed E-state index contributed by atoms with van der Waals surface area (Å²) in [5.41, 5.74) is 9.46. The Bertz CT molecular complexity index is 500. The van der Waals surface area contributed by atoms with Gasteiger partial charge in [0, 0.05) is 0 Å². The average molecular weight is 237 g/mol. The van der Waals surface area contributed by atoms with Crippen molar-refractivity contribution in [2.45, 2.75) is 12.8 Å². The van der Waals surface area contributed by atoms with Gasteiger partial charge in [0.25, 0.3) is 0 Å². The van der Waals surface area contributed by atoms with E-state index in [1.807, 2.05) is 6.07 Å². The van der Waals surface area contributed by atoms with Gasteiger partial charge in [-0.05, 0) is 36.1 Å². The first-order valence-corrected chi connectivity index (χ1v) is 6.41. The molecule has 2 aromatic rings. The molecule has 0 amide bonds. The molecule has 0 aliphatic rings. The Hall–Kier alpha value is -1.86. The molecular weight excluding hydrogens is 218 g/mol. The van der Waals surface area contributed by atoms with Gasteiger partial charge >= 0.3 is 0 Å². The van der Waals surface area contributed by atoms with E-state index in [9.17, 15) is 0 Å². The van der Waals surface area contributed by atoms with Crippen LogP contribution in [0.25, 0.3) is 12.2 Å². The van der Waals surface area contributed by atoms with E-state index in [2.05, 4.69) is 60.7 Å².